The van der Waals surface area contributed by atoms with E-state index in [-0.39, 0.29) is 23.3 Å². The molecule has 0 aliphatic carbocycles. The highest BCUT2D eigenvalue weighted by Crippen LogP contribution is 2.32. The van der Waals surface area contributed by atoms with E-state index in [0.29, 0.717) is 6.54 Å². The topological polar surface area (TPSA) is 52.6 Å². The van der Waals surface area contributed by atoms with Gasteiger partial charge in [0.1, 0.15) is 0 Å². The number of carbonyl (C=O) groups is 1. The molecular formula is C17H26N2O2S. The number of aliphatic hydroxyl groups excluding tert-OH is 1. The Hall–Kier alpha value is -1.20. The molecule has 2 amide bonds. The molecule has 4 nitrogen and oxygen atoms in total. The number of urea groups is 1. The number of nitrogens with one attached hydrogen (secondary N) is 1. The largest absolute Gasteiger partial charge is 0.396 e. The van der Waals surface area contributed by atoms with Gasteiger partial charge in [-0.25, -0.2) is 4.79 Å². The number of carbonyl (C=O) groups excluding carboxylic acids is 1. The monoisotopic (exact) mass is 322 g/mol. The van der Waals surface area contributed by atoms with E-state index in [0.717, 1.165) is 25.1 Å². The van der Waals surface area contributed by atoms with Crippen LogP contribution in [0.15, 0.2) is 29.2 Å². The normalized spacial score (nSPS) is 19.1. The standard InChI is InChI=1S/C17H26N2O2S/c1-17(2,3)22-15-8-6-14(7-9-15)18-16(21)19-10-4-5-13(11-19)12-20/h6-9,13,20H,4-5,10-12H2,1-3H3,(H,18,21). The highest BCUT2D eigenvalue weighted by molar-refractivity contribution is 8.00. The van der Waals surface area contributed by atoms with Gasteiger partial charge in [-0.1, -0.05) is 20.8 Å². The van der Waals surface area contributed by atoms with Gasteiger partial charge in [-0.2, -0.15) is 0 Å². The summed E-state index contributed by atoms with van der Waals surface area (Å²) in [6, 6.07) is 7.89. The highest BCUT2D eigenvalue weighted by atomic mass is 32.2. The summed E-state index contributed by atoms with van der Waals surface area (Å²) in [5, 5.41) is 12.2. The van der Waals surface area contributed by atoms with Gasteiger partial charge < -0.3 is 15.3 Å². The van der Waals surface area contributed by atoms with Crippen molar-refractivity contribution in [2.75, 3.05) is 25.0 Å². The zero-order chi connectivity index (χ0) is 16.2. The molecule has 1 atom stereocenters. The van der Waals surface area contributed by atoms with Crippen molar-refractivity contribution >= 4 is 23.5 Å². The van der Waals surface area contributed by atoms with Crippen LogP contribution in [0, 0.1) is 5.92 Å². The van der Waals surface area contributed by atoms with E-state index in [9.17, 15) is 9.90 Å². The summed E-state index contributed by atoms with van der Waals surface area (Å²) >= 11 is 1.81. The smallest absolute Gasteiger partial charge is 0.321 e. The van der Waals surface area contributed by atoms with Crippen LogP contribution in [-0.4, -0.2) is 40.5 Å². The molecule has 1 aliphatic rings. The van der Waals surface area contributed by atoms with Crippen molar-refractivity contribution in [3.63, 3.8) is 0 Å². The zero-order valence-electron chi connectivity index (χ0n) is 13.6. The molecule has 2 rings (SSSR count). The number of likely N-dealkylation sites (tertiary alicyclic amines) is 1. The molecule has 1 heterocycles. The molecule has 5 heteroatoms. The fourth-order valence-electron chi connectivity index (χ4n) is 2.56. The maximum atomic E-state index is 12.3. The number of thioether (sulfide) groups is 1. The van der Waals surface area contributed by atoms with Gasteiger partial charge in [0, 0.05) is 35.0 Å². The maximum Gasteiger partial charge on any atom is 0.321 e. The highest BCUT2D eigenvalue weighted by Gasteiger charge is 2.23. The third-order valence-corrected chi connectivity index (χ3v) is 4.71. The molecule has 1 saturated heterocycles. The minimum atomic E-state index is -0.0747. The van der Waals surface area contributed by atoms with Gasteiger partial charge in [-0.05, 0) is 43.0 Å². The summed E-state index contributed by atoms with van der Waals surface area (Å²) in [5.74, 6) is 0.213. The number of amides is 2. The molecular weight excluding hydrogens is 296 g/mol. The Balaban J connectivity index is 1.91. The van der Waals surface area contributed by atoms with Crippen molar-refractivity contribution < 1.29 is 9.90 Å². The number of hydrogen-bond donors (Lipinski definition) is 2. The van der Waals surface area contributed by atoms with Crippen LogP contribution in [-0.2, 0) is 0 Å². The lowest BCUT2D eigenvalue weighted by Crippen LogP contribution is -2.43. The molecule has 0 radical (unpaired) electrons. The van der Waals surface area contributed by atoms with Gasteiger partial charge in [0.2, 0.25) is 0 Å². The molecule has 1 aromatic carbocycles. The Labute approximate surface area is 137 Å². The first kappa shape index (κ1) is 17.2. The fraction of sp³-hybridized carbons (Fsp3) is 0.588. The quantitative estimate of drug-likeness (QED) is 0.832. The summed E-state index contributed by atoms with van der Waals surface area (Å²) in [7, 11) is 0. The van der Waals surface area contributed by atoms with E-state index in [1.54, 1.807) is 4.90 Å². The number of piperidine rings is 1. The van der Waals surface area contributed by atoms with E-state index in [2.05, 4.69) is 26.1 Å². The number of nitrogens with zero attached hydrogens (tertiary/aromatic N) is 1. The molecule has 0 aromatic heterocycles. The van der Waals surface area contributed by atoms with Crippen LogP contribution in [0.1, 0.15) is 33.6 Å². The second kappa shape index (κ2) is 7.38. The first-order valence-electron chi connectivity index (χ1n) is 7.83. The molecule has 1 aliphatic heterocycles. The molecule has 1 aromatic rings. The Morgan fingerprint density at radius 3 is 2.64 bits per heavy atom. The number of aliphatic hydroxyl groups is 1. The van der Waals surface area contributed by atoms with Crippen molar-refractivity contribution in [2.45, 2.75) is 43.3 Å². The number of hydrogen-bond acceptors (Lipinski definition) is 3. The Morgan fingerprint density at radius 1 is 1.36 bits per heavy atom. The lowest BCUT2D eigenvalue weighted by molar-refractivity contribution is 0.136. The summed E-state index contributed by atoms with van der Waals surface area (Å²) < 4.78 is 0.178. The van der Waals surface area contributed by atoms with Crippen LogP contribution in [0.25, 0.3) is 0 Å². The van der Waals surface area contributed by atoms with Crippen LogP contribution in [0.4, 0.5) is 10.5 Å². The van der Waals surface area contributed by atoms with E-state index in [1.165, 1.54) is 4.90 Å². The Morgan fingerprint density at radius 2 is 2.05 bits per heavy atom. The lowest BCUT2D eigenvalue weighted by Gasteiger charge is -2.31. The van der Waals surface area contributed by atoms with Gasteiger partial charge in [0.15, 0.2) is 0 Å². The molecule has 122 valence electrons. The van der Waals surface area contributed by atoms with E-state index >= 15 is 0 Å². The minimum absolute atomic E-state index is 0.0747. The van der Waals surface area contributed by atoms with Gasteiger partial charge in [0.05, 0.1) is 0 Å². The van der Waals surface area contributed by atoms with Crippen molar-refractivity contribution in [2.24, 2.45) is 5.92 Å². The predicted octanol–water partition coefficient (Wildman–Crippen LogP) is 3.81. The van der Waals surface area contributed by atoms with E-state index in [1.807, 2.05) is 36.0 Å². The fourth-order valence-corrected chi connectivity index (χ4v) is 3.54. The first-order valence-corrected chi connectivity index (χ1v) is 8.65. The molecule has 1 unspecified atom stereocenters. The minimum Gasteiger partial charge on any atom is -0.396 e. The summed E-state index contributed by atoms with van der Waals surface area (Å²) in [6.07, 6.45) is 1.96. The third kappa shape index (κ3) is 5.21. The van der Waals surface area contributed by atoms with Gasteiger partial charge in [-0.3, -0.25) is 0 Å². The number of anilines is 1. The Kier molecular flexibility index (Phi) is 5.75. The zero-order valence-corrected chi connectivity index (χ0v) is 14.4. The SMILES string of the molecule is CC(C)(C)Sc1ccc(NC(=O)N2CCCC(CO)C2)cc1. The van der Waals surface area contributed by atoms with Gasteiger partial charge in [0.25, 0.3) is 0 Å². The Bertz CT molecular complexity index is 496. The van der Waals surface area contributed by atoms with Crippen LogP contribution in [0.5, 0.6) is 0 Å². The lowest BCUT2D eigenvalue weighted by atomic mass is 9.99. The maximum absolute atomic E-state index is 12.3. The van der Waals surface area contributed by atoms with Crippen molar-refractivity contribution in [3.05, 3.63) is 24.3 Å². The third-order valence-electron chi connectivity index (χ3n) is 3.59. The number of rotatable bonds is 3. The average Bonchev–Trinajstić information content (AvgIpc) is 2.48. The van der Waals surface area contributed by atoms with Gasteiger partial charge in [-0.15, -0.1) is 11.8 Å². The summed E-state index contributed by atoms with van der Waals surface area (Å²) in [6.45, 7) is 8.10. The van der Waals surface area contributed by atoms with Crippen molar-refractivity contribution in [3.8, 4) is 0 Å². The molecule has 0 spiro atoms. The summed E-state index contributed by atoms with van der Waals surface area (Å²) in [4.78, 5) is 15.3. The van der Waals surface area contributed by atoms with Crippen LogP contribution in [0.2, 0.25) is 0 Å². The van der Waals surface area contributed by atoms with E-state index < -0.39 is 0 Å². The molecule has 0 saturated carbocycles. The van der Waals surface area contributed by atoms with E-state index in [4.69, 9.17) is 0 Å². The van der Waals surface area contributed by atoms with Crippen LogP contribution in [0.3, 0.4) is 0 Å². The molecule has 1 fully saturated rings. The molecule has 0 bridgehead atoms. The molecule has 22 heavy (non-hydrogen) atoms. The molecule has 2 N–H and O–H groups in total. The van der Waals surface area contributed by atoms with Crippen molar-refractivity contribution in [1.29, 1.82) is 0 Å². The number of benzene rings is 1. The van der Waals surface area contributed by atoms with Crippen molar-refractivity contribution in [1.82, 2.24) is 4.90 Å². The summed E-state index contributed by atoms with van der Waals surface area (Å²) in [5.41, 5.74) is 0.814. The predicted molar refractivity (Wildman–Crippen MR) is 92.5 cm³/mol. The average molecular weight is 322 g/mol. The first-order chi connectivity index (χ1) is 10.4. The second-order valence-electron chi connectivity index (χ2n) is 6.81. The van der Waals surface area contributed by atoms with Crippen LogP contribution >= 0.6 is 11.8 Å². The van der Waals surface area contributed by atoms with Crippen LogP contribution < -0.4 is 5.32 Å². The van der Waals surface area contributed by atoms with Gasteiger partial charge >= 0.3 is 6.03 Å². The second-order valence-corrected chi connectivity index (χ2v) is 8.71.